The average Bonchev–Trinajstić information content (AvgIpc) is 2.70. The highest BCUT2D eigenvalue weighted by Crippen LogP contribution is 2.34. The lowest BCUT2D eigenvalue weighted by Crippen LogP contribution is -2.39. The summed E-state index contributed by atoms with van der Waals surface area (Å²) in [6.45, 7) is 12.3. The number of rotatable bonds is 13. The predicted octanol–water partition coefficient (Wildman–Crippen LogP) is 3.97. The quantitative estimate of drug-likeness (QED) is 0.324. The Morgan fingerprint density at radius 3 is 2.28 bits per heavy atom. The van der Waals surface area contributed by atoms with E-state index in [0.29, 0.717) is 12.3 Å². The number of aliphatic hydroxyl groups excluding tert-OH is 2. The maximum absolute atomic E-state index is 11.1. The van der Waals surface area contributed by atoms with E-state index in [0.717, 1.165) is 23.3 Å². The van der Waals surface area contributed by atoms with Gasteiger partial charge >= 0.3 is 5.97 Å². The monoisotopic (exact) mass is 471 g/mol. The third-order valence-electron chi connectivity index (χ3n) is 5.99. The van der Waals surface area contributed by atoms with Gasteiger partial charge in [-0.1, -0.05) is 53.7 Å². The number of carbonyl (C=O) groups is 1. The number of halogens is 1. The first kappa shape index (κ1) is 28.7. The topological polar surface area (TPSA) is 113 Å². The molecule has 5 atom stereocenters. The summed E-state index contributed by atoms with van der Waals surface area (Å²) in [6, 6.07) is 5.69. The number of ether oxygens (including phenoxy) is 1. The van der Waals surface area contributed by atoms with Gasteiger partial charge < -0.3 is 25.8 Å². The van der Waals surface area contributed by atoms with Crippen LogP contribution in [-0.4, -0.2) is 52.0 Å². The summed E-state index contributed by atoms with van der Waals surface area (Å²) in [6.07, 6.45) is -0.105. The average molecular weight is 472 g/mol. The molecule has 0 aliphatic carbocycles. The zero-order chi connectivity index (χ0) is 24.6. The number of carboxylic acids is 1. The van der Waals surface area contributed by atoms with Gasteiger partial charge in [-0.05, 0) is 53.7 Å². The number of hydrogen-bond donors (Lipinski definition) is 4. The third-order valence-corrected chi connectivity index (χ3v) is 6.35. The molecule has 0 amide bonds. The van der Waals surface area contributed by atoms with Gasteiger partial charge in [0.25, 0.3) is 0 Å². The van der Waals surface area contributed by atoms with Gasteiger partial charge in [-0.3, -0.25) is 4.79 Å². The molecule has 0 saturated carbocycles. The molecule has 5 N–H and O–H groups in total. The zero-order valence-electron chi connectivity index (χ0n) is 20.3. The van der Waals surface area contributed by atoms with E-state index >= 15 is 0 Å². The molecule has 184 valence electrons. The summed E-state index contributed by atoms with van der Waals surface area (Å²) in [4.78, 5) is 11.1. The Kier molecular flexibility index (Phi) is 11.5. The van der Waals surface area contributed by atoms with Gasteiger partial charge in [0.05, 0.1) is 17.9 Å². The molecule has 0 aliphatic rings. The van der Waals surface area contributed by atoms with E-state index in [1.54, 1.807) is 6.92 Å². The Balaban J connectivity index is 3.00. The second-order valence-electron chi connectivity index (χ2n) is 10.3. The fraction of sp³-hybridized carbons (Fsp3) is 0.720. The Hall–Kier alpha value is -1.34. The van der Waals surface area contributed by atoms with Gasteiger partial charge in [0.15, 0.2) is 0 Å². The van der Waals surface area contributed by atoms with Crippen LogP contribution in [-0.2, 0) is 16.6 Å². The number of alkyl halides is 1. The molecule has 0 bridgehead atoms. The van der Waals surface area contributed by atoms with E-state index < -0.39 is 30.1 Å². The lowest BCUT2D eigenvalue weighted by molar-refractivity contribution is -0.142. The number of carboxylic acid groups (broad SMARTS) is 1. The number of hydrogen-bond acceptors (Lipinski definition) is 5. The molecule has 0 saturated heterocycles. The Morgan fingerprint density at radius 1 is 1.16 bits per heavy atom. The van der Waals surface area contributed by atoms with Gasteiger partial charge in [-0.2, -0.15) is 0 Å². The molecule has 0 spiro atoms. The van der Waals surface area contributed by atoms with E-state index in [-0.39, 0.29) is 30.2 Å². The molecule has 0 heterocycles. The molecular formula is C25H42ClNO5. The summed E-state index contributed by atoms with van der Waals surface area (Å²) in [5, 5.41) is 29.3. The molecule has 1 rings (SSSR count). The Labute approximate surface area is 198 Å². The van der Waals surface area contributed by atoms with E-state index in [1.165, 1.54) is 0 Å². The number of aliphatic hydroxyl groups is 2. The normalized spacial score (nSPS) is 17.0. The maximum atomic E-state index is 11.1. The second-order valence-corrected chi connectivity index (χ2v) is 10.7. The van der Waals surface area contributed by atoms with Crippen molar-refractivity contribution < 1.29 is 24.9 Å². The molecule has 32 heavy (non-hydrogen) atoms. The maximum Gasteiger partial charge on any atom is 0.306 e. The molecule has 1 aromatic rings. The minimum absolute atomic E-state index is 0.112. The van der Waals surface area contributed by atoms with E-state index in [4.69, 9.17) is 27.2 Å². The molecule has 0 aliphatic heterocycles. The lowest BCUT2D eigenvalue weighted by Gasteiger charge is -2.29. The predicted molar refractivity (Wildman–Crippen MR) is 129 cm³/mol. The van der Waals surface area contributed by atoms with Crippen LogP contribution in [0.2, 0.25) is 0 Å². The smallest absolute Gasteiger partial charge is 0.306 e. The molecule has 0 radical (unpaired) electrons. The zero-order valence-corrected chi connectivity index (χ0v) is 21.1. The number of aliphatic carboxylic acids is 1. The third kappa shape index (κ3) is 9.26. The molecule has 7 heteroatoms. The summed E-state index contributed by atoms with van der Waals surface area (Å²) < 4.78 is 5.93. The van der Waals surface area contributed by atoms with Crippen molar-refractivity contribution in [3.05, 3.63) is 29.3 Å². The van der Waals surface area contributed by atoms with Crippen molar-refractivity contribution in [1.29, 1.82) is 0 Å². The molecule has 1 aromatic carbocycles. The van der Waals surface area contributed by atoms with E-state index in [1.807, 2.05) is 6.07 Å². The van der Waals surface area contributed by atoms with Crippen LogP contribution in [0.4, 0.5) is 0 Å². The van der Waals surface area contributed by atoms with Crippen LogP contribution in [0.1, 0.15) is 65.5 Å². The summed E-state index contributed by atoms with van der Waals surface area (Å²) >= 11 is 5.71. The second kappa shape index (κ2) is 12.8. The van der Waals surface area contributed by atoms with Crippen molar-refractivity contribution in [3.8, 4) is 5.75 Å². The molecule has 0 aromatic heterocycles. The van der Waals surface area contributed by atoms with Gasteiger partial charge in [-0.25, -0.2) is 0 Å². The van der Waals surface area contributed by atoms with Crippen LogP contribution < -0.4 is 10.5 Å². The van der Waals surface area contributed by atoms with Crippen molar-refractivity contribution in [2.24, 2.45) is 23.5 Å². The van der Waals surface area contributed by atoms with E-state index in [2.05, 4.69) is 46.8 Å². The fourth-order valence-electron chi connectivity index (χ4n) is 3.70. The highest BCUT2D eigenvalue weighted by molar-refractivity contribution is 6.18. The SMILES string of the molecule is CC(CC(O)C(N)CC(Cc1ccc(C(C)(C)C)c(OC[C@@H](O)CCl)c1)C(C)C)C(=O)O. The van der Waals surface area contributed by atoms with E-state index in [9.17, 15) is 15.0 Å². The fourth-order valence-corrected chi connectivity index (χ4v) is 3.79. The lowest BCUT2D eigenvalue weighted by atomic mass is 9.81. The Morgan fingerprint density at radius 2 is 1.78 bits per heavy atom. The van der Waals surface area contributed by atoms with Crippen molar-refractivity contribution in [1.82, 2.24) is 0 Å². The Bertz CT molecular complexity index is 719. The number of benzene rings is 1. The largest absolute Gasteiger partial charge is 0.491 e. The van der Waals surface area contributed by atoms with Gasteiger partial charge in [0, 0.05) is 6.04 Å². The van der Waals surface area contributed by atoms with Crippen molar-refractivity contribution >= 4 is 17.6 Å². The highest BCUT2D eigenvalue weighted by atomic mass is 35.5. The summed E-state index contributed by atoms with van der Waals surface area (Å²) in [7, 11) is 0. The van der Waals surface area contributed by atoms with Crippen molar-refractivity contribution in [3.63, 3.8) is 0 Å². The molecular weight excluding hydrogens is 430 g/mol. The van der Waals surface area contributed by atoms with Crippen LogP contribution >= 0.6 is 11.6 Å². The van der Waals surface area contributed by atoms with Gasteiger partial charge in [0.2, 0.25) is 0 Å². The minimum atomic E-state index is -0.928. The standard InChI is InChI=1S/C25H42ClNO5/c1-15(2)18(12-21(27)22(29)9-16(3)24(30)31)10-17-7-8-20(25(4,5)6)23(11-17)32-14-19(28)13-26/h7-8,11,15-16,18-19,21-22,28-29H,9-10,12-14,27H2,1-6H3,(H,30,31)/t16?,18?,19-,21?,22?/m0/s1. The van der Waals surface area contributed by atoms with Crippen LogP contribution in [0.5, 0.6) is 5.75 Å². The first-order valence-corrected chi connectivity index (χ1v) is 12.0. The highest BCUT2D eigenvalue weighted by Gasteiger charge is 2.26. The number of nitrogens with two attached hydrogens (primary N) is 1. The van der Waals surface area contributed by atoms with Crippen molar-refractivity contribution in [2.75, 3.05) is 12.5 Å². The van der Waals surface area contributed by atoms with Crippen LogP contribution in [0, 0.1) is 17.8 Å². The van der Waals surface area contributed by atoms with Crippen LogP contribution in [0.3, 0.4) is 0 Å². The minimum Gasteiger partial charge on any atom is -0.491 e. The first-order valence-electron chi connectivity index (χ1n) is 11.4. The summed E-state index contributed by atoms with van der Waals surface area (Å²) in [5.74, 6) is -0.178. The van der Waals surface area contributed by atoms with Gasteiger partial charge in [-0.15, -0.1) is 11.6 Å². The summed E-state index contributed by atoms with van der Waals surface area (Å²) in [5.41, 5.74) is 8.28. The first-order chi connectivity index (χ1) is 14.8. The molecule has 6 nitrogen and oxygen atoms in total. The van der Waals surface area contributed by atoms with Crippen LogP contribution in [0.25, 0.3) is 0 Å². The molecule has 4 unspecified atom stereocenters. The van der Waals surface area contributed by atoms with Crippen molar-refractivity contribution in [2.45, 2.75) is 84.5 Å². The van der Waals surface area contributed by atoms with Gasteiger partial charge in [0.1, 0.15) is 18.5 Å². The van der Waals surface area contributed by atoms with Crippen LogP contribution in [0.15, 0.2) is 18.2 Å². The molecule has 0 fully saturated rings.